The van der Waals surface area contributed by atoms with Gasteiger partial charge in [-0.1, -0.05) is 11.6 Å². The van der Waals surface area contributed by atoms with Crippen molar-refractivity contribution in [2.75, 3.05) is 0 Å². The van der Waals surface area contributed by atoms with Gasteiger partial charge in [-0.3, -0.25) is 0 Å². The van der Waals surface area contributed by atoms with Crippen LogP contribution in [0.2, 0.25) is 5.02 Å². The highest BCUT2D eigenvalue weighted by molar-refractivity contribution is 9.11. The summed E-state index contributed by atoms with van der Waals surface area (Å²) in [7, 11) is 0. The minimum Gasteiger partial charge on any atom is -0.370 e. The minimum atomic E-state index is -0.647. The number of halogens is 4. The molecule has 0 bridgehead atoms. The van der Waals surface area contributed by atoms with E-state index in [4.69, 9.17) is 28.8 Å². The second-order valence-electron chi connectivity index (χ2n) is 2.82. The van der Waals surface area contributed by atoms with Crippen LogP contribution >= 0.6 is 43.5 Å². The van der Waals surface area contributed by atoms with Crippen LogP contribution in [-0.2, 0) is 0 Å². The van der Waals surface area contributed by atoms with Crippen LogP contribution in [0.5, 0.6) is 0 Å². The number of rotatable bonds is 1. The zero-order valence-electron chi connectivity index (χ0n) is 8.22. The van der Waals surface area contributed by atoms with Crippen molar-refractivity contribution < 1.29 is 4.39 Å². The Balaban J connectivity index is 3.34. The molecule has 1 rings (SSSR count). The van der Waals surface area contributed by atoms with Crippen LogP contribution in [0, 0.1) is 5.82 Å². The van der Waals surface area contributed by atoms with Gasteiger partial charge in [0.15, 0.2) is 11.8 Å². The van der Waals surface area contributed by atoms with Crippen molar-refractivity contribution in [2.45, 2.75) is 0 Å². The Morgan fingerprint density at radius 3 is 2.41 bits per heavy atom. The smallest absolute Gasteiger partial charge is 0.223 e. The molecule has 1 aromatic carbocycles. The first-order valence-corrected chi connectivity index (χ1v) is 6.06. The third-order valence-corrected chi connectivity index (χ3v) is 3.16. The van der Waals surface area contributed by atoms with Gasteiger partial charge in [0, 0.05) is 4.47 Å². The van der Waals surface area contributed by atoms with Crippen molar-refractivity contribution in [2.24, 2.45) is 27.2 Å². The Morgan fingerprint density at radius 1 is 1.29 bits per heavy atom. The quantitative estimate of drug-likeness (QED) is 0.298. The Bertz CT molecular complexity index is 513. The lowest BCUT2D eigenvalue weighted by Gasteiger charge is -2.05. The molecule has 0 saturated heterocycles. The van der Waals surface area contributed by atoms with E-state index in [2.05, 4.69) is 41.8 Å². The molecule has 92 valence electrons. The van der Waals surface area contributed by atoms with Gasteiger partial charge in [-0.15, -0.1) is 0 Å². The van der Waals surface area contributed by atoms with Crippen LogP contribution < -0.4 is 17.2 Å². The Morgan fingerprint density at radius 2 is 1.88 bits per heavy atom. The van der Waals surface area contributed by atoms with Crippen molar-refractivity contribution in [3.8, 4) is 0 Å². The van der Waals surface area contributed by atoms with E-state index >= 15 is 0 Å². The second-order valence-corrected chi connectivity index (χ2v) is 4.88. The van der Waals surface area contributed by atoms with Crippen molar-refractivity contribution >= 4 is 61.1 Å². The average molecular weight is 387 g/mol. The first-order chi connectivity index (χ1) is 7.82. The van der Waals surface area contributed by atoms with Gasteiger partial charge in [0.1, 0.15) is 0 Å². The molecular formula is C8H7Br2ClFN5. The number of hydrogen-bond donors (Lipinski definition) is 3. The first kappa shape index (κ1) is 14.2. The molecule has 0 unspecified atom stereocenters. The maximum Gasteiger partial charge on any atom is 0.223 e. The van der Waals surface area contributed by atoms with E-state index in [1.807, 2.05) is 0 Å². The zero-order chi connectivity index (χ0) is 13.2. The van der Waals surface area contributed by atoms with E-state index < -0.39 is 5.82 Å². The predicted molar refractivity (Wildman–Crippen MR) is 73.9 cm³/mol. The van der Waals surface area contributed by atoms with Crippen LogP contribution in [0.3, 0.4) is 0 Å². The number of benzene rings is 1. The Kier molecular flexibility index (Phi) is 4.72. The fourth-order valence-electron chi connectivity index (χ4n) is 0.931. The van der Waals surface area contributed by atoms with Crippen LogP contribution in [0.15, 0.2) is 25.0 Å². The third-order valence-electron chi connectivity index (χ3n) is 1.56. The molecule has 0 aliphatic heterocycles. The molecule has 17 heavy (non-hydrogen) atoms. The molecule has 0 amide bonds. The van der Waals surface area contributed by atoms with E-state index in [1.165, 1.54) is 6.07 Å². The molecule has 9 heteroatoms. The third kappa shape index (κ3) is 3.55. The average Bonchev–Trinajstić information content (AvgIpc) is 2.20. The van der Waals surface area contributed by atoms with Gasteiger partial charge in [0.25, 0.3) is 0 Å². The summed E-state index contributed by atoms with van der Waals surface area (Å²) in [5.41, 5.74) is 15.9. The van der Waals surface area contributed by atoms with Gasteiger partial charge in [0.2, 0.25) is 5.96 Å². The largest absolute Gasteiger partial charge is 0.370 e. The normalized spacial score (nSPS) is 11.4. The van der Waals surface area contributed by atoms with Gasteiger partial charge in [-0.05, 0) is 37.9 Å². The molecule has 6 N–H and O–H groups in total. The molecule has 0 spiro atoms. The van der Waals surface area contributed by atoms with Crippen molar-refractivity contribution in [1.29, 1.82) is 0 Å². The van der Waals surface area contributed by atoms with Gasteiger partial charge in [-0.25, -0.2) is 9.38 Å². The highest BCUT2D eigenvalue weighted by Gasteiger charge is 2.14. The molecule has 0 aliphatic carbocycles. The fourth-order valence-corrected chi connectivity index (χ4v) is 2.68. The van der Waals surface area contributed by atoms with Gasteiger partial charge in [-0.2, -0.15) is 4.99 Å². The fraction of sp³-hybridized carbons (Fsp3) is 0. The van der Waals surface area contributed by atoms with Crippen LogP contribution in [0.4, 0.5) is 10.1 Å². The van der Waals surface area contributed by atoms with E-state index in [-0.39, 0.29) is 27.1 Å². The molecule has 0 heterocycles. The predicted octanol–water partition coefficient (Wildman–Crippen LogP) is 2.22. The summed E-state index contributed by atoms with van der Waals surface area (Å²) in [4.78, 5) is 7.36. The lowest BCUT2D eigenvalue weighted by molar-refractivity contribution is 0.621. The van der Waals surface area contributed by atoms with Gasteiger partial charge < -0.3 is 17.2 Å². The SMILES string of the molecule is NC(N)=NC(N)=Nc1c(Br)cc(Cl)c(F)c1Br. The van der Waals surface area contributed by atoms with Crippen LogP contribution in [-0.4, -0.2) is 11.9 Å². The summed E-state index contributed by atoms with van der Waals surface area (Å²) in [5.74, 6) is -1.09. The van der Waals surface area contributed by atoms with Gasteiger partial charge in [0.05, 0.1) is 15.2 Å². The molecule has 0 radical (unpaired) electrons. The standard InChI is InChI=1S/C8H7Br2ClFN5/c9-2-1-3(11)5(12)4(10)6(2)16-8(15)17-7(13)14/h1H,(H6,13,14,15,16,17). The van der Waals surface area contributed by atoms with E-state index in [9.17, 15) is 4.39 Å². The van der Waals surface area contributed by atoms with Crippen molar-refractivity contribution in [1.82, 2.24) is 0 Å². The number of nitrogens with zero attached hydrogens (tertiary/aromatic N) is 2. The molecule has 0 atom stereocenters. The first-order valence-electron chi connectivity index (χ1n) is 4.09. The number of hydrogen-bond acceptors (Lipinski definition) is 1. The van der Waals surface area contributed by atoms with E-state index in [0.717, 1.165) is 0 Å². The summed E-state index contributed by atoms with van der Waals surface area (Å²) in [6.45, 7) is 0. The summed E-state index contributed by atoms with van der Waals surface area (Å²) < 4.78 is 14.0. The number of aliphatic imine (C=N–C) groups is 2. The molecule has 5 nitrogen and oxygen atoms in total. The maximum absolute atomic E-state index is 13.5. The summed E-state index contributed by atoms with van der Waals surface area (Å²) in [5, 5.41) is -0.0527. The lowest BCUT2D eigenvalue weighted by Crippen LogP contribution is -2.26. The number of nitrogens with two attached hydrogens (primary N) is 3. The monoisotopic (exact) mass is 385 g/mol. The summed E-state index contributed by atoms with van der Waals surface area (Å²) >= 11 is 11.8. The topological polar surface area (TPSA) is 103 Å². The van der Waals surface area contributed by atoms with E-state index in [0.29, 0.717) is 4.47 Å². The van der Waals surface area contributed by atoms with Crippen LogP contribution in [0.1, 0.15) is 0 Å². The van der Waals surface area contributed by atoms with Crippen LogP contribution in [0.25, 0.3) is 0 Å². The second kappa shape index (κ2) is 5.65. The molecule has 1 aromatic rings. The molecule has 0 saturated carbocycles. The minimum absolute atomic E-state index is 0.0527. The maximum atomic E-state index is 13.5. The lowest BCUT2D eigenvalue weighted by atomic mass is 10.3. The molecule has 0 aromatic heterocycles. The van der Waals surface area contributed by atoms with Crippen molar-refractivity contribution in [3.63, 3.8) is 0 Å². The summed E-state index contributed by atoms with van der Waals surface area (Å²) in [6.07, 6.45) is 0. The highest BCUT2D eigenvalue weighted by atomic mass is 79.9. The number of guanidine groups is 2. The van der Waals surface area contributed by atoms with Crippen molar-refractivity contribution in [3.05, 3.63) is 25.9 Å². The highest BCUT2D eigenvalue weighted by Crippen LogP contribution is 2.39. The molecular weight excluding hydrogens is 380 g/mol. The summed E-state index contributed by atoms with van der Waals surface area (Å²) in [6, 6.07) is 1.35. The molecule has 0 aliphatic rings. The van der Waals surface area contributed by atoms with E-state index in [1.54, 1.807) is 0 Å². The molecule has 0 fully saturated rings. The Labute approximate surface area is 118 Å². The van der Waals surface area contributed by atoms with Gasteiger partial charge >= 0.3 is 0 Å². The zero-order valence-corrected chi connectivity index (χ0v) is 12.1. The Hall–Kier alpha value is -0.860.